The van der Waals surface area contributed by atoms with Crippen LogP contribution in [0.3, 0.4) is 0 Å². The number of hydrogen-bond donors (Lipinski definition) is 2. The van der Waals surface area contributed by atoms with E-state index in [1.165, 1.54) is 0 Å². The van der Waals surface area contributed by atoms with Crippen LogP contribution in [0.4, 0.5) is 11.6 Å². The molecule has 0 bridgehead atoms. The fourth-order valence-electron chi connectivity index (χ4n) is 3.11. The van der Waals surface area contributed by atoms with Gasteiger partial charge in [0.2, 0.25) is 0 Å². The number of fused-ring (bicyclic) bond motifs is 1. The quantitative estimate of drug-likeness (QED) is 0.341. The lowest BCUT2D eigenvalue weighted by Crippen LogP contribution is -2.07. The third kappa shape index (κ3) is 6.10. The molecule has 1 unspecified atom stereocenters. The summed E-state index contributed by atoms with van der Waals surface area (Å²) in [7, 11) is 0. The lowest BCUT2D eigenvalue weighted by Gasteiger charge is -2.16. The maximum Gasteiger partial charge on any atom is 0.163 e. The average Bonchev–Trinajstić information content (AvgIpc) is 3.39. The zero-order valence-electron chi connectivity index (χ0n) is 20.1. The summed E-state index contributed by atoms with van der Waals surface area (Å²) in [5.74, 6) is 1.71. The number of hydrogen-bond acceptors (Lipinski definition) is 4. The van der Waals surface area contributed by atoms with E-state index in [-0.39, 0.29) is 6.04 Å². The summed E-state index contributed by atoms with van der Waals surface area (Å²) in [5, 5.41) is 11.2. The highest BCUT2D eigenvalue weighted by molar-refractivity contribution is 6.35. The molecule has 1 atom stereocenters. The molecule has 0 fully saturated rings. The van der Waals surface area contributed by atoms with Gasteiger partial charge in [-0.3, -0.25) is 5.10 Å². The van der Waals surface area contributed by atoms with Gasteiger partial charge in [0.1, 0.15) is 5.52 Å². The maximum atomic E-state index is 6.47. The minimum Gasteiger partial charge on any atom is -0.322 e. The van der Waals surface area contributed by atoms with Crippen LogP contribution < -0.4 is 5.32 Å². The summed E-state index contributed by atoms with van der Waals surface area (Å²) >= 11 is 6.47. The van der Waals surface area contributed by atoms with E-state index < -0.39 is 0 Å². The van der Waals surface area contributed by atoms with Gasteiger partial charge in [-0.05, 0) is 31.8 Å². The number of nitrogens with one attached hydrogen (secondary N) is 2. The van der Waals surface area contributed by atoms with Crippen molar-refractivity contribution in [2.24, 2.45) is 0 Å². The van der Waals surface area contributed by atoms with Gasteiger partial charge < -0.3 is 9.88 Å². The number of aromatic nitrogens is 5. The van der Waals surface area contributed by atoms with Crippen molar-refractivity contribution in [1.29, 1.82) is 0 Å². The molecule has 3 aromatic rings. The van der Waals surface area contributed by atoms with Gasteiger partial charge in [0.05, 0.1) is 17.3 Å². The summed E-state index contributed by atoms with van der Waals surface area (Å²) in [6, 6.07) is 2.03. The van der Waals surface area contributed by atoms with Gasteiger partial charge in [-0.2, -0.15) is 5.10 Å². The number of H-pyrrole nitrogens is 1. The number of allylic oxidation sites excluding steroid dienone is 6. The molecule has 0 spiro atoms. The Balaban J connectivity index is 0.00000176. The Morgan fingerprint density at radius 2 is 2.00 bits per heavy atom. The molecule has 2 N–H and O–H groups in total. The van der Waals surface area contributed by atoms with Crippen molar-refractivity contribution in [1.82, 2.24) is 24.7 Å². The van der Waals surface area contributed by atoms with Crippen LogP contribution in [0.2, 0.25) is 5.02 Å². The van der Waals surface area contributed by atoms with Crippen LogP contribution in [-0.4, -0.2) is 24.7 Å². The maximum absolute atomic E-state index is 6.47. The molecular weight excluding hydrogens is 420 g/mol. The Kier molecular flexibility index (Phi) is 9.72. The second kappa shape index (κ2) is 12.2. The van der Waals surface area contributed by atoms with Gasteiger partial charge in [0, 0.05) is 18.0 Å². The van der Waals surface area contributed by atoms with Crippen LogP contribution in [0.15, 0.2) is 54.4 Å². The summed E-state index contributed by atoms with van der Waals surface area (Å²) < 4.78 is 2.06. The molecule has 6 nitrogen and oxygen atoms in total. The van der Waals surface area contributed by atoms with E-state index in [0.717, 1.165) is 23.3 Å². The average molecular weight is 455 g/mol. The highest BCUT2D eigenvalue weighted by Crippen LogP contribution is 2.30. The van der Waals surface area contributed by atoms with Crippen LogP contribution in [0.25, 0.3) is 11.2 Å². The third-order valence-electron chi connectivity index (χ3n) is 4.88. The number of nitrogens with zero attached hydrogens (tertiary/aromatic N) is 4. The Morgan fingerprint density at radius 1 is 1.25 bits per heavy atom. The molecule has 0 aliphatic carbocycles. The van der Waals surface area contributed by atoms with Crippen LogP contribution >= 0.6 is 11.6 Å². The first kappa shape index (κ1) is 25.4. The molecule has 7 heteroatoms. The van der Waals surface area contributed by atoms with E-state index in [2.05, 4.69) is 71.0 Å². The molecule has 0 aliphatic rings. The predicted octanol–water partition coefficient (Wildman–Crippen LogP) is 7.73. The lowest BCUT2D eigenvalue weighted by molar-refractivity contribution is 0.656. The minimum absolute atomic E-state index is 0.0430. The molecule has 0 saturated carbocycles. The molecule has 0 aromatic carbocycles. The standard InChI is InChI=1S/C23H29ClN6.C2H6/c1-6-8-10-17(11-9-7-2)16(5)30-14-18(24)22-23(30)27-21(13-25-22)26-20-12-19(15(3)4)28-29-20;1-2/h6,8-16H,7H2,1-5H3,(H2,26,27,28,29);1-2H3/b8-6-,11-9-,17-10+;. The monoisotopic (exact) mass is 454 g/mol. The van der Waals surface area contributed by atoms with E-state index in [4.69, 9.17) is 16.6 Å². The number of halogens is 1. The van der Waals surface area contributed by atoms with Gasteiger partial charge in [0.25, 0.3) is 0 Å². The van der Waals surface area contributed by atoms with Crippen molar-refractivity contribution in [3.63, 3.8) is 0 Å². The van der Waals surface area contributed by atoms with E-state index in [1.807, 2.05) is 45.2 Å². The van der Waals surface area contributed by atoms with Gasteiger partial charge in [0.15, 0.2) is 17.3 Å². The van der Waals surface area contributed by atoms with Crippen LogP contribution in [0, 0.1) is 0 Å². The van der Waals surface area contributed by atoms with Gasteiger partial charge in [-0.1, -0.05) is 76.6 Å². The van der Waals surface area contributed by atoms with Crippen molar-refractivity contribution in [3.8, 4) is 0 Å². The lowest BCUT2D eigenvalue weighted by atomic mass is 10.1. The highest BCUT2D eigenvalue weighted by Gasteiger charge is 2.17. The van der Waals surface area contributed by atoms with Crippen molar-refractivity contribution in [2.75, 3.05) is 5.32 Å². The molecule has 0 radical (unpaired) electrons. The number of aromatic amines is 1. The first-order valence-electron chi connectivity index (χ1n) is 11.3. The van der Waals surface area contributed by atoms with Gasteiger partial charge >= 0.3 is 0 Å². The number of rotatable bonds is 8. The van der Waals surface area contributed by atoms with Gasteiger partial charge in [-0.25, -0.2) is 9.97 Å². The Bertz CT molecular complexity index is 1090. The third-order valence-corrected chi connectivity index (χ3v) is 5.16. The highest BCUT2D eigenvalue weighted by atomic mass is 35.5. The second-order valence-electron chi connectivity index (χ2n) is 7.48. The molecule has 3 aromatic heterocycles. The summed E-state index contributed by atoms with van der Waals surface area (Å²) in [5.41, 5.74) is 3.64. The Hall–Kier alpha value is -2.86. The van der Waals surface area contributed by atoms with E-state index in [0.29, 0.717) is 28.1 Å². The smallest absolute Gasteiger partial charge is 0.163 e. The first-order chi connectivity index (χ1) is 15.4. The van der Waals surface area contributed by atoms with Crippen molar-refractivity contribution in [2.45, 2.75) is 66.8 Å². The molecule has 0 amide bonds. The summed E-state index contributed by atoms with van der Waals surface area (Å²) in [6.07, 6.45) is 15.0. The molecule has 3 heterocycles. The zero-order valence-corrected chi connectivity index (χ0v) is 20.9. The van der Waals surface area contributed by atoms with Crippen LogP contribution in [0.1, 0.15) is 72.5 Å². The molecule has 172 valence electrons. The summed E-state index contributed by atoms with van der Waals surface area (Å²) in [4.78, 5) is 9.33. The molecule has 3 rings (SSSR count). The second-order valence-corrected chi connectivity index (χ2v) is 7.89. The normalized spacial score (nSPS) is 13.2. The molecular formula is C25H35ClN6. The van der Waals surface area contributed by atoms with Crippen molar-refractivity contribution in [3.05, 3.63) is 65.1 Å². The van der Waals surface area contributed by atoms with Gasteiger partial charge in [-0.15, -0.1) is 0 Å². The predicted molar refractivity (Wildman–Crippen MR) is 137 cm³/mol. The zero-order chi connectivity index (χ0) is 23.7. The van der Waals surface area contributed by atoms with E-state index >= 15 is 0 Å². The fourth-order valence-corrected chi connectivity index (χ4v) is 3.35. The molecule has 32 heavy (non-hydrogen) atoms. The topological polar surface area (TPSA) is 71.4 Å². The van der Waals surface area contributed by atoms with Crippen molar-refractivity contribution < 1.29 is 0 Å². The van der Waals surface area contributed by atoms with Crippen LogP contribution in [0.5, 0.6) is 0 Å². The fraction of sp³-hybridized carbons (Fsp3) is 0.400. The SMILES string of the molecule is CC.C\C=C/C=C(\C=C/CC)C(C)n1cc(Cl)c2ncc(Nc3cc(C(C)C)[nH]n3)nc21. The van der Waals surface area contributed by atoms with E-state index in [1.54, 1.807) is 6.20 Å². The number of anilines is 2. The molecule has 0 saturated heterocycles. The summed E-state index contributed by atoms with van der Waals surface area (Å²) in [6.45, 7) is 14.5. The van der Waals surface area contributed by atoms with Crippen LogP contribution in [-0.2, 0) is 0 Å². The molecule has 0 aliphatic heterocycles. The largest absolute Gasteiger partial charge is 0.322 e. The van der Waals surface area contributed by atoms with Crippen molar-refractivity contribution >= 4 is 34.4 Å². The minimum atomic E-state index is 0.0430. The Labute approximate surface area is 196 Å². The van der Waals surface area contributed by atoms with E-state index in [9.17, 15) is 0 Å². The first-order valence-corrected chi connectivity index (χ1v) is 11.7. The Morgan fingerprint density at radius 3 is 2.62 bits per heavy atom.